The summed E-state index contributed by atoms with van der Waals surface area (Å²) in [6.07, 6.45) is 1.62. The molecule has 0 spiro atoms. The fraction of sp³-hybridized carbons (Fsp3) is 0.455. The van der Waals surface area contributed by atoms with E-state index in [-0.39, 0.29) is 4.90 Å². The third-order valence-electron chi connectivity index (χ3n) is 2.51. The standard InChI is InChI=1S/C11H19N3O3S2/c1-14(2)19(16,17)9-4-5-11(10(12)8-9)13-6-7-18(3)15/h4-5,8,13H,6-7,12H2,1-3H3. The number of anilines is 2. The number of benzene rings is 1. The Hall–Kier alpha value is -1.12. The first-order valence-corrected chi connectivity index (χ1v) is 8.78. The summed E-state index contributed by atoms with van der Waals surface area (Å²) in [6.45, 7) is 0.521. The van der Waals surface area contributed by atoms with E-state index in [1.165, 1.54) is 26.2 Å². The highest BCUT2D eigenvalue weighted by Crippen LogP contribution is 2.23. The zero-order valence-corrected chi connectivity index (χ0v) is 12.8. The van der Waals surface area contributed by atoms with Crippen molar-refractivity contribution >= 4 is 32.2 Å². The van der Waals surface area contributed by atoms with Gasteiger partial charge < -0.3 is 11.1 Å². The van der Waals surface area contributed by atoms with Gasteiger partial charge in [-0.1, -0.05) is 0 Å². The Morgan fingerprint density at radius 3 is 2.47 bits per heavy atom. The molecule has 0 radical (unpaired) electrons. The molecule has 3 N–H and O–H groups in total. The number of hydrogen-bond donors (Lipinski definition) is 2. The van der Waals surface area contributed by atoms with Gasteiger partial charge in [0.1, 0.15) is 0 Å². The van der Waals surface area contributed by atoms with Crippen molar-refractivity contribution in [2.24, 2.45) is 0 Å². The summed E-state index contributed by atoms with van der Waals surface area (Å²) < 4.78 is 35.9. The Morgan fingerprint density at radius 1 is 1.37 bits per heavy atom. The maximum Gasteiger partial charge on any atom is 0.242 e. The molecule has 1 atom stereocenters. The highest BCUT2D eigenvalue weighted by Gasteiger charge is 2.17. The quantitative estimate of drug-likeness (QED) is 0.738. The predicted octanol–water partition coefficient (Wildman–Crippen LogP) is 0.310. The van der Waals surface area contributed by atoms with Gasteiger partial charge >= 0.3 is 0 Å². The maximum atomic E-state index is 11.9. The summed E-state index contributed by atoms with van der Waals surface area (Å²) in [5.74, 6) is 0.511. The van der Waals surface area contributed by atoms with Gasteiger partial charge in [0.15, 0.2) is 0 Å². The van der Waals surface area contributed by atoms with E-state index in [0.29, 0.717) is 23.7 Å². The molecule has 1 unspecified atom stereocenters. The molecule has 0 aliphatic rings. The molecule has 0 amide bonds. The number of sulfonamides is 1. The molecule has 108 valence electrons. The molecule has 0 aromatic heterocycles. The number of nitrogens with two attached hydrogens (primary N) is 1. The van der Waals surface area contributed by atoms with E-state index in [2.05, 4.69) is 5.32 Å². The van der Waals surface area contributed by atoms with Crippen molar-refractivity contribution in [1.29, 1.82) is 0 Å². The van der Waals surface area contributed by atoms with Crippen LogP contribution in [-0.2, 0) is 20.8 Å². The third-order valence-corrected chi connectivity index (χ3v) is 5.10. The minimum absolute atomic E-state index is 0.152. The molecule has 1 aromatic carbocycles. The van der Waals surface area contributed by atoms with Crippen LogP contribution in [0.5, 0.6) is 0 Å². The first-order valence-electron chi connectivity index (χ1n) is 5.61. The van der Waals surface area contributed by atoms with Crippen LogP contribution in [0.3, 0.4) is 0 Å². The molecule has 0 aliphatic heterocycles. The zero-order valence-electron chi connectivity index (χ0n) is 11.2. The summed E-state index contributed by atoms with van der Waals surface area (Å²) >= 11 is 0. The van der Waals surface area contributed by atoms with Crippen LogP contribution < -0.4 is 11.1 Å². The van der Waals surface area contributed by atoms with Gasteiger partial charge in [-0.05, 0) is 18.2 Å². The van der Waals surface area contributed by atoms with E-state index < -0.39 is 20.8 Å². The van der Waals surface area contributed by atoms with Crippen molar-refractivity contribution in [3.05, 3.63) is 18.2 Å². The summed E-state index contributed by atoms with van der Waals surface area (Å²) in [4.78, 5) is 0.152. The fourth-order valence-corrected chi connectivity index (χ4v) is 2.73. The van der Waals surface area contributed by atoms with Crippen LogP contribution in [0, 0.1) is 0 Å². The first-order chi connectivity index (χ1) is 8.75. The minimum Gasteiger partial charge on any atom is -0.397 e. The molecule has 6 nitrogen and oxygen atoms in total. The zero-order chi connectivity index (χ0) is 14.6. The van der Waals surface area contributed by atoms with E-state index in [9.17, 15) is 12.6 Å². The Kier molecular flexibility index (Phi) is 5.33. The molecular weight excluding hydrogens is 286 g/mol. The number of rotatable bonds is 6. The normalized spacial score (nSPS) is 13.5. The van der Waals surface area contributed by atoms with Gasteiger partial charge in [0, 0.05) is 43.4 Å². The van der Waals surface area contributed by atoms with E-state index >= 15 is 0 Å². The minimum atomic E-state index is -3.47. The van der Waals surface area contributed by atoms with Gasteiger partial charge in [0.05, 0.1) is 16.3 Å². The van der Waals surface area contributed by atoms with Gasteiger partial charge in [-0.25, -0.2) is 12.7 Å². The second kappa shape index (κ2) is 6.36. The van der Waals surface area contributed by atoms with Crippen LogP contribution in [-0.4, -0.2) is 49.6 Å². The Balaban J connectivity index is 2.89. The van der Waals surface area contributed by atoms with Crippen LogP contribution in [0.2, 0.25) is 0 Å². The molecule has 0 saturated carbocycles. The lowest BCUT2D eigenvalue weighted by Crippen LogP contribution is -2.22. The monoisotopic (exact) mass is 305 g/mol. The van der Waals surface area contributed by atoms with Crippen LogP contribution in [0.15, 0.2) is 23.1 Å². The van der Waals surface area contributed by atoms with Gasteiger partial charge in [0.25, 0.3) is 0 Å². The topological polar surface area (TPSA) is 92.5 Å². The lowest BCUT2D eigenvalue weighted by Gasteiger charge is -2.14. The van der Waals surface area contributed by atoms with Crippen molar-refractivity contribution in [2.75, 3.05) is 43.7 Å². The molecule has 1 aromatic rings. The average molecular weight is 305 g/mol. The molecular formula is C11H19N3O3S2. The largest absolute Gasteiger partial charge is 0.397 e. The second-order valence-corrected chi connectivity index (χ2v) is 7.95. The van der Waals surface area contributed by atoms with Gasteiger partial charge in [0.2, 0.25) is 10.0 Å². The second-order valence-electron chi connectivity index (χ2n) is 4.24. The Bertz CT molecular complexity index is 571. The van der Waals surface area contributed by atoms with Crippen LogP contribution in [0.4, 0.5) is 11.4 Å². The summed E-state index contributed by atoms with van der Waals surface area (Å²) in [5, 5.41) is 3.03. The fourth-order valence-electron chi connectivity index (χ4n) is 1.40. The first kappa shape index (κ1) is 15.9. The molecule has 0 aliphatic carbocycles. The highest BCUT2D eigenvalue weighted by molar-refractivity contribution is 7.89. The molecule has 0 bridgehead atoms. The van der Waals surface area contributed by atoms with Crippen LogP contribution >= 0.6 is 0 Å². The van der Waals surface area contributed by atoms with Crippen LogP contribution in [0.1, 0.15) is 0 Å². The predicted molar refractivity (Wildman–Crippen MR) is 79.2 cm³/mol. The summed E-state index contributed by atoms with van der Waals surface area (Å²) in [5.41, 5.74) is 6.81. The SMILES string of the molecule is CN(C)S(=O)(=O)c1ccc(NCCS(C)=O)c(N)c1. The summed E-state index contributed by atoms with van der Waals surface area (Å²) in [7, 11) is -1.42. The maximum absolute atomic E-state index is 11.9. The van der Waals surface area contributed by atoms with E-state index in [1.807, 2.05) is 0 Å². The van der Waals surface area contributed by atoms with E-state index in [1.54, 1.807) is 12.3 Å². The molecule has 0 fully saturated rings. The Morgan fingerprint density at radius 2 is 2.00 bits per heavy atom. The van der Waals surface area contributed by atoms with Crippen molar-refractivity contribution in [1.82, 2.24) is 4.31 Å². The lowest BCUT2D eigenvalue weighted by molar-refractivity contribution is 0.521. The van der Waals surface area contributed by atoms with Crippen molar-refractivity contribution in [3.8, 4) is 0 Å². The van der Waals surface area contributed by atoms with E-state index in [0.717, 1.165) is 4.31 Å². The molecule has 19 heavy (non-hydrogen) atoms. The molecule has 1 rings (SSSR count). The van der Waals surface area contributed by atoms with Crippen molar-refractivity contribution < 1.29 is 12.6 Å². The summed E-state index contributed by atoms with van der Waals surface area (Å²) in [6, 6.07) is 4.53. The smallest absolute Gasteiger partial charge is 0.242 e. The van der Waals surface area contributed by atoms with Gasteiger partial charge in [-0.15, -0.1) is 0 Å². The van der Waals surface area contributed by atoms with Gasteiger partial charge in [-0.2, -0.15) is 0 Å². The van der Waals surface area contributed by atoms with Crippen molar-refractivity contribution in [3.63, 3.8) is 0 Å². The van der Waals surface area contributed by atoms with E-state index in [4.69, 9.17) is 5.73 Å². The van der Waals surface area contributed by atoms with Crippen LogP contribution in [0.25, 0.3) is 0 Å². The molecule has 8 heteroatoms. The Labute approximate surface area is 116 Å². The van der Waals surface area contributed by atoms with Crippen molar-refractivity contribution in [2.45, 2.75) is 4.90 Å². The number of nitrogen functional groups attached to an aromatic ring is 1. The molecule has 0 heterocycles. The number of hydrogen-bond acceptors (Lipinski definition) is 5. The molecule has 0 saturated heterocycles. The average Bonchev–Trinajstić information content (AvgIpc) is 2.30. The number of nitrogens with one attached hydrogen (secondary N) is 1. The number of nitrogens with zero attached hydrogens (tertiary/aromatic N) is 1. The lowest BCUT2D eigenvalue weighted by atomic mass is 10.2. The highest BCUT2D eigenvalue weighted by atomic mass is 32.2. The van der Waals surface area contributed by atoms with Gasteiger partial charge in [-0.3, -0.25) is 4.21 Å². The third kappa shape index (κ3) is 4.19.